The topological polar surface area (TPSA) is 68.5 Å². The van der Waals surface area contributed by atoms with Crippen LogP contribution in [-0.2, 0) is 11.5 Å². The number of hydrogen-bond donors (Lipinski definition) is 1. The molecule has 5 nitrogen and oxygen atoms in total. The molecular formula is C20H35NO4Si. The predicted molar refractivity (Wildman–Crippen MR) is 109 cm³/mol. The van der Waals surface area contributed by atoms with E-state index in [0.717, 1.165) is 18.5 Å². The normalized spacial score (nSPS) is 13.7. The van der Waals surface area contributed by atoms with Gasteiger partial charge < -0.3 is 14.1 Å². The van der Waals surface area contributed by atoms with Crippen LogP contribution in [0.5, 0.6) is 5.75 Å². The first-order chi connectivity index (χ1) is 11.8. The van der Waals surface area contributed by atoms with Gasteiger partial charge >= 0.3 is 0 Å². The summed E-state index contributed by atoms with van der Waals surface area (Å²) in [5.74, 6) is -0.447. The van der Waals surface area contributed by atoms with Gasteiger partial charge in [-0.05, 0) is 36.9 Å². The lowest BCUT2D eigenvalue weighted by Crippen LogP contribution is -2.41. The molecule has 0 spiro atoms. The molecule has 6 heteroatoms. The van der Waals surface area contributed by atoms with E-state index in [0.29, 0.717) is 6.61 Å². The van der Waals surface area contributed by atoms with Crippen molar-refractivity contribution in [3.8, 4) is 5.75 Å². The fourth-order valence-electron chi connectivity index (χ4n) is 2.70. The largest absolute Gasteiger partial charge is 0.507 e. The SMILES string of the molecule is CCC(=O)c1c(O)cc(C(C)CCCO[Si](C)(C)C(C)(C)C)n(C)c1=O. The van der Waals surface area contributed by atoms with E-state index in [-0.39, 0.29) is 34.5 Å². The Morgan fingerprint density at radius 2 is 1.92 bits per heavy atom. The number of nitrogens with zero attached hydrogens (tertiary/aromatic N) is 1. The van der Waals surface area contributed by atoms with E-state index >= 15 is 0 Å². The van der Waals surface area contributed by atoms with E-state index in [2.05, 4.69) is 33.9 Å². The smallest absolute Gasteiger partial charge is 0.265 e. The van der Waals surface area contributed by atoms with E-state index in [1.165, 1.54) is 4.57 Å². The Morgan fingerprint density at radius 1 is 1.35 bits per heavy atom. The molecule has 0 radical (unpaired) electrons. The van der Waals surface area contributed by atoms with Crippen molar-refractivity contribution in [3.05, 3.63) is 27.7 Å². The van der Waals surface area contributed by atoms with E-state index in [1.54, 1.807) is 20.0 Å². The zero-order chi connectivity index (χ0) is 20.3. The van der Waals surface area contributed by atoms with Crippen molar-refractivity contribution >= 4 is 14.1 Å². The van der Waals surface area contributed by atoms with Gasteiger partial charge in [0, 0.05) is 31.8 Å². The number of carbonyl (C=O) groups is 1. The molecule has 0 amide bonds. The van der Waals surface area contributed by atoms with Gasteiger partial charge in [-0.1, -0.05) is 34.6 Å². The van der Waals surface area contributed by atoms with Crippen LogP contribution in [0.4, 0.5) is 0 Å². The molecule has 1 rings (SSSR count). The Balaban J connectivity index is 2.82. The number of aromatic nitrogens is 1. The van der Waals surface area contributed by atoms with Crippen LogP contribution in [0, 0.1) is 0 Å². The predicted octanol–water partition coefficient (Wildman–Crippen LogP) is 4.59. The highest BCUT2D eigenvalue weighted by Crippen LogP contribution is 2.36. The standard InChI is InChI=1S/C20H35NO4Si/c1-9-16(22)18-17(23)13-15(21(6)19(18)24)14(2)11-10-12-25-26(7,8)20(3,4)5/h13-14,23H,9-12H2,1-8H3. The van der Waals surface area contributed by atoms with Gasteiger partial charge in [0.05, 0.1) is 0 Å². The number of pyridine rings is 1. The summed E-state index contributed by atoms with van der Waals surface area (Å²) in [4.78, 5) is 24.3. The maximum Gasteiger partial charge on any atom is 0.265 e. The summed E-state index contributed by atoms with van der Waals surface area (Å²) >= 11 is 0. The summed E-state index contributed by atoms with van der Waals surface area (Å²) in [6.45, 7) is 15.6. The number of rotatable bonds is 8. The molecule has 0 bridgehead atoms. The van der Waals surface area contributed by atoms with Crippen LogP contribution in [0.2, 0.25) is 18.1 Å². The van der Waals surface area contributed by atoms with Gasteiger partial charge in [0.15, 0.2) is 14.1 Å². The average Bonchev–Trinajstić information content (AvgIpc) is 2.53. The van der Waals surface area contributed by atoms with Crippen molar-refractivity contribution in [1.29, 1.82) is 0 Å². The molecule has 0 aliphatic rings. The molecule has 1 unspecified atom stereocenters. The van der Waals surface area contributed by atoms with E-state index < -0.39 is 13.9 Å². The lowest BCUT2D eigenvalue weighted by atomic mass is 9.99. The van der Waals surface area contributed by atoms with Crippen molar-refractivity contribution < 1.29 is 14.3 Å². The zero-order valence-corrected chi connectivity index (χ0v) is 18.6. The molecule has 0 saturated heterocycles. The van der Waals surface area contributed by atoms with Crippen LogP contribution in [0.3, 0.4) is 0 Å². The van der Waals surface area contributed by atoms with Crippen LogP contribution in [0.15, 0.2) is 10.9 Å². The molecule has 1 aromatic rings. The van der Waals surface area contributed by atoms with Gasteiger partial charge in [-0.25, -0.2) is 0 Å². The Bertz CT molecular complexity index is 701. The third-order valence-corrected chi connectivity index (χ3v) is 10.1. The summed E-state index contributed by atoms with van der Waals surface area (Å²) in [6, 6.07) is 1.56. The minimum atomic E-state index is -1.74. The summed E-state index contributed by atoms with van der Waals surface area (Å²) in [7, 11) is -0.0831. The van der Waals surface area contributed by atoms with Gasteiger partial charge in [0.1, 0.15) is 11.3 Å². The fraction of sp³-hybridized carbons (Fsp3) is 0.700. The molecule has 0 aromatic carbocycles. The van der Waals surface area contributed by atoms with Crippen molar-refractivity contribution in [2.75, 3.05) is 6.61 Å². The van der Waals surface area contributed by atoms with Gasteiger partial charge in [0.2, 0.25) is 0 Å². The van der Waals surface area contributed by atoms with Crippen molar-refractivity contribution in [1.82, 2.24) is 4.57 Å². The molecule has 26 heavy (non-hydrogen) atoms. The average molecular weight is 382 g/mol. The van der Waals surface area contributed by atoms with Gasteiger partial charge in [-0.2, -0.15) is 0 Å². The highest BCUT2D eigenvalue weighted by Gasteiger charge is 2.36. The first kappa shape index (κ1) is 22.6. The van der Waals surface area contributed by atoms with Crippen molar-refractivity contribution in [2.24, 2.45) is 7.05 Å². The maximum absolute atomic E-state index is 12.4. The van der Waals surface area contributed by atoms with Crippen LogP contribution in [0.1, 0.15) is 75.9 Å². The van der Waals surface area contributed by atoms with Gasteiger partial charge in [0.25, 0.3) is 5.56 Å². The molecule has 1 N–H and O–H groups in total. The van der Waals surface area contributed by atoms with Crippen LogP contribution in [-0.4, -0.2) is 30.4 Å². The Hall–Kier alpha value is -1.40. The lowest BCUT2D eigenvalue weighted by molar-refractivity contribution is 0.0983. The molecule has 1 aromatic heterocycles. The van der Waals surface area contributed by atoms with E-state index in [4.69, 9.17) is 4.43 Å². The maximum atomic E-state index is 12.4. The van der Waals surface area contributed by atoms with Crippen molar-refractivity contribution in [2.45, 2.75) is 77.9 Å². The Labute approximate surface area is 158 Å². The Kier molecular flexibility index (Phi) is 7.42. The van der Waals surface area contributed by atoms with Crippen LogP contribution < -0.4 is 5.56 Å². The number of Topliss-reactive ketones (excluding diaryl/α,β-unsaturated/α-hetero) is 1. The molecule has 0 aliphatic carbocycles. The molecule has 1 heterocycles. The summed E-state index contributed by atoms with van der Waals surface area (Å²) in [5, 5.41) is 10.4. The number of hydrogen-bond acceptors (Lipinski definition) is 4. The molecule has 0 saturated carbocycles. The molecule has 0 aliphatic heterocycles. The molecule has 148 valence electrons. The minimum Gasteiger partial charge on any atom is -0.507 e. The first-order valence-corrected chi connectivity index (χ1v) is 12.3. The Morgan fingerprint density at radius 3 is 2.42 bits per heavy atom. The second-order valence-corrected chi connectivity index (χ2v) is 13.4. The second-order valence-electron chi connectivity index (χ2n) is 8.62. The quantitative estimate of drug-likeness (QED) is 0.406. The van der Waals surface area contributed by atoms with Crippen LogP contribution in [0.25, 0.3) is 0 Å². The highest BCUT2D eigenvalue weighted by atomic mass is 28.4. The van der Waals surface area contributed by atoms with Crippen molar-refractivity contribution in [3.63, 3.8) is 0 Å². The summed E-state index contributed by atoms with van der Waals surface area (Å²) in [5.41, 5.74) is 0.218. The number of ketones is 1. The second kappa shape index (κ2) is 8.52. The molecule has 1 atom stereocenters. The van der Waals surface area contributed by atoms with Gasteiger partial charge in [-0.15, -0.1) is 0 Å². The molecular weight excluding hydrogens is 346 g/mol. The zero-order valence-electron chi connectivity index (χ0n) is 17.6. The van der Waals surface area contributed by atoms with E-state index in [9.17, 15) is 14.7 Å². The fourth-order valence-corrected chi connectivity index (χ4v) is 3.78. The minimum absolute atomic E-state index is 0.0902. The lowest BCUT2D eigenvalue weighted by Gasteiger charge is -2.36. The number of aromatic hydroxyl groups is 1. The van der Waals surface area contributed by atoms with Gasteiger partial charge in [-0.3, -0.25) is 9.59 Å². The molecule has 0 fully saturated rings. The summed E-state index contributed by atoms with van der Waals surface area (Å²) < 4.78 is 7.69. The highest BCUT2D eigenvalue weighted by molar-refractivity contribution is 6.74. The third-order valence-electron chi connectivity index (χ3n) is 5.60. The first-order valence-electron chi connectivity index (χ1n) is 9.43. The monoisotopic (exact) mass is 381 g/mol. The van der Waals surface area contributed by atoms with E-state index in [1.807, 2.05) is 6.92 Å². The van der Waals surface area contributed by atoms with Crippen LogP contribution >= 0.6 is 0 Å². The summed E-state index contributed by atoms with van der Waals surface area (Å²) in [6.07, 6.45) is 1.93. The number of carbonyl (C=O) groups excluding carboxylic acids is 1. The third kappa shape index (κ3) is 5.07.